The lowest BCUT2D eigenvalue weighted by atomic mass is 10.00. The molecule has 0 radical (unpaired) electrons. The van der Waals surface area contributed by atoms with Crippen molar-refractivity contribution >= 4 is 52.0 Å². The third-order valence-corrected chi connectivity index (χ3v) is 6.67. The highest BCUT2D eigenvalue weighted by molar-refractivity contribution is 8.01. The predicted molar refractivity (Wildman–Crippen MR) is 104 cm³/mol. The number of hydrogen-bond donors (Lipinski definition) is 2. The average Bonchev–Trinajstić information content (AvgIpc) is 3.35. The number of urea groups is 1. The van der Waals surface area contributed by atoms with E-state index in [1.54, 1.807) is 25.7 Å². The van der Waals surface area contributed by atoms with Crippen LogP contribution >= 0.6 is 23.1 Å². The molecule has 1 unspecified atom stereocenters. The van der Waals surface area contributed by atoms with Gasteiger partial charge in [-0.1, -0.05) is 36.9 Å². The standard InChI is InChI=1S/C16H22N6O4S2/c1-4-11(24)21(9-6-7-9)14-18-19-15(28-14)27-8-10(23)20-22-12(25)16(3,5-2)17-13(22)26/h9H,4-8H2,1-3H3,(H,17,26)(H,20,23). The molecule has 28 heavy (non-hydrogen) atoms. The highest BCUT2D eigenvalue weighted by atomic mass is 32.2. The van der Waals surface area contributed by atoms with Crippen molar-refractivity contribution in [1.29, 1.82) is 0 Å². The molecule has 1 aromatic rings. The first-order chi connectivity index (χ1) is 13.3. The summed E-state index contributed by atoms with van der Waals surface area (Å²) in [5, 5.41) is 11.9. The Morgan fingerprint density at radius 3 is 2.64 bits per heavy atom. The number of thioether (sulfide) groups is 1. The number of hydrazine groups is 1. The first-order valence-electron chi connectivity index (χ1n) is 9.03. The number of rotatable bonds is 8. The highest BCUT2D eigenvalue weighted by Gasteiger charge is 2.47. The minimum atomic E-state index is -1.01. The Morgan fingerprint density at radius 1 is 1.36 bits per heavy atom. The number of anilines is 1. The molecule has 1 aromatic heterocycles. The summed E-state index contributed by atoms with van der Waals surface area (Å²) in [5.41, 5.74) is 1.32. The van der Waals surface area contributed by atoms with Crippen molar-refractivity contribution in [2.75, 3.05) is 10.7 Å². The molecule has 0 spiro atoms. The molecule has 2 aliphatic rings. The summed E-state index contributed by atoms with van der Waals surface area (Å²) >= 11 is 2.38. The zero-order chi connectivity index (χ0) is 20.5. The molecule has 10 nitrogen and oxygen atoms in total. The van der Waals surface area contributed by atoms with E-state index in [9.17, 15) is 19.2 Å². The number of amides is 5. The van der Waals surface area contributed by atoms with Gasteiger partial charge in [-0.3, -0.25) is 24.7 Å². The molecule has 0 aromatic carbocycles. The second kappa shape index (κ2) is 8.03. The summed E-state index contributed by atoms with van der Waals surface area (Å²) in [4.78, 5) is 50.2. The maximum Gasteiger partial charge on any atom is 0.344 e. The van der Waals surface area contributed by atoms with Crippen LogP contribution < -0.4 is 15.6 Å². The van der Waals surface area contributed by atoms with Crippen LogP contribution in [0.1, 0.15) is 46.5 Å². The maximum atomic E-state index is 12.3. The second-order valence-electron chi connectivity index (χ2n) is 6.78. The fourth-order valence-corrected chi connectivity index (χ4v) is 4.36. The molecule has 5 amide bonds. The third-order valence-electron chi connectivity index (χ3n) is 4.62. The van der Waals surface area contributed by atoms with Crippen LogP contribution in [0.3, 0.4) is 0 Å². The molecule has 1 saturated heterocycles. The van der Waals surface area contributed by atoms with E-state index in [1.165, 1.54) is 11.3 Å². The van der Waals surface area contributed by atoms with Crippen molar-refractivity contribution in [2.45, 2.75) is 62.4 Å². The average molecular weight is 427 g/mol. The van der Waals surface area contributed by atoms with Crippen molar-refractivity contribution in [1.82, 2.24) is 25.9 Å². The normalized spacial score (nSPS) is 21.6. The number of carbonyl (C=O) groups is 4. The van der Waals surface area contributed by atoms with Crippen molar-refractivity contribution in [3.05, 3.63) is 0 Å². The van der Waals surface area contributed by atoms with Crippen LogP contribution in [0.15, 0.2) is 4.34 Å². The molecule has 2 fully saturated rings. The van der Waals surface area contributed by atoms with Crippen LogP contribution in [0.4, 0.5) is 9.93 Å². The van der Waals surface area contributed by atoms with Crippen molar-refractivity contribution in [3.63, 3.8) is 0 Å². The molecule has 1 aliphatic carbocycles. The van der Waals surface area contributed by atoms with Gasteiger partial charge in [-0.05, 0) is 26.2 Å². The number of aromatic nitrogens is 2. The van der Waals surface area contributed by atoms with Crippen LogP contribution in [0.2, 0.25) is 0 Å². The molecular weight excluding hydrogens is 404 g/mol. The molecule has 1 saturated carbocycles. The van der Waals surface area contributed by atoms with Crippen molar-refractivity contribution in [3.8, 4) is 0 Å². The van der Waals surface area contributed by atoms with Gasteiger partial charge in [-0.25, -0.2) is 4.79 Å². The molecule has 152 valence electrons. The smallest absolute Gasteiger partial charge is 0.322 e. The van der Waals surface area contributed by atoms with Gasteiger partial charge in [0.25, 0.3) is 5.91 Å². The van der Waals surface area contributed by atoms with Gasteiger partial charge in [0.1, 0.15) is 5.54 Å². The van der Waals surface area contributed by atoms with E-state index < -0.39 is 23.4 Å². The molecule has 2 N–H and O–H groups in total. The summed E-state index contributed by atoms with van der Waals surface area (Å²) in [7, 11) is 0. The highest BCUT2D eigenvalue weighted by Crippen LogP contribution is 2.36. The van der Waals surface area contributed by atoms with E-state index >= 15 is 0 Å². The molecule has 12 heteroatoms. The van der Waals surface area contributed by atoms with E-state index in [1.807, 2.05) is 0 Å². The number of hydrogen-bond acceptors (Lipinski definition) is 8. The van der Waals surface area contributed by atoms with Gasteiger partial charge in [0.15, 0.2) is 4.34 Å². The number of imide groups is 1. The largest absolute Gasteiger partial charge is 0.344 e. The van der Waals surface area contributed by atoms with E-state index in [0.717, 1.165) is 24.6 Å². The van der Waals surface area contributed by atoms with Crippen LogP contribution in [-0.2, 0) is 14.4 Å². The monoisotopic (exact) mass is 426 g/mol. The zero-order valence-electron chi connectivity index (χ0n) is 15.9. The van der Waals surface area contributed by atoms with E-state index in [4.69, 9.17) is 0 Å². The van der Waals surface area contributed by atoms with Gasteiger partial charge in [-0.2, -0.15) is 5.01 Å². The van der Waals surface area contributed by atoms with Gasteiger partial charge in [0.2, 0.25) is 16.9 Å². The van der Waals surface area contributed by atoms with Crippen molar-refractivity contribution < 1.29 is 19.2 Å². The molecular formula is C16H22N6O4S2. The minimum Gasteiger partial charge on any atom is -0.322 e. The number of carbonyl (C=O) groups excluding carboxylic acids is 4. The lowest BCUT2D eigenvalue weighted by Crippen LogP contribution is -2.49. The van der Waals surface area contributed by atoms with Crippen LogP contribution in [0.5, 0.6) is 0 Å². The van der Waals surface area contributed by atoms with E-state index in [2.05, 4.69) is 20.9 Å². The first kappa shape index (κ1) is 20.5. The SMILES string of the molecule is CCC(=O)N(c1nnc(SCC(=O)NN2C(=O)NC(C)(CC)C2=O)s1)C1CC1. The lowest BCUT2D eigenvalue weighted by Gasteiger charge is -2.19. The Morgan fingerprint density at radius 2 is 2.07 bits per heavy atom. The van der Waals surface area contributed by atoms with Crippen molar-refractivity contribution in [2.24, 2.45) is 0 Å². The molecule has 2 heterocycles. The first-order valence-corrected chi connectivity index (χ1v) is 10.8. The van der Waals surface area contributed by atoms with E-state index in [-0.39, 0.29) is 17.7 Å². The lowest BCUT2D eigenvalue weighted by molar-refractivity contribution is -0.137. The number of nitrogens with zero attached hydrogens (tertiary/aromatic N) is 4. The van der Waals surface area contributed by atoms with Gasteiger partial charge < -0.3 is 5.32 Å². The Balaban J connectivity index is 1.56. The summed E-state index contributed by atoms with van der Waals surface area (Å²) in [6, 6.07) is -0.460. The molecule has 1 atom stereocenters. The summed E-state index contributed by atoms with van der Waals surface area (Å²) in [6.45, 7) is 5.19. The Labute approximate surface area is 170 Å². The molecule has 3 rings (SSSR count). The summed E-state index contributed by atoms with van der Waals surface area (Å²) in [6.07, 6.45) is 2.72. The van der Waals surface area contributed by atoms with Gasteiger partial charge >= 0.3 is 6.03 Å². The van der Waals surface area contributed by atoms with Gasteiger partial charge in [-0.15, -0.1) is 10.2 Å². The summed E-state index contributed by atoms with van der Waals surface area (Å²) < 4.78 is 0.537. The zero-order valence-corrected chi connectivity index (χ0v) is 17.5. The minimum absolute atomic E-state index is 0.00507. The topological polar surface area (TPSA) is 125 Å². The Kier molecular flexibility index (Phi) is 5.89. The maximum absolute atomic E-state index is 12.3. The van der Waals surface area contributed by atoms with Gasteiger partial charge in [0, 0.05) is 12.5 Å². The third kappa shape index (κ3) is 4.12. The molecule has 0 bridgehead atoms. The quantitative estimate of drug-likeness (QED) is 0.364. The fraction of sp³-hybridized carbons (Fsp3) is 0.625. The molecule has 1 aliphatic heterocycles. The van der Waals surface area contributed by atoms with Gasteiger partial charge in [0.05, 0.1) is 5.75 Å². The van der Waals surface area contributed by atoms with Crippen LogP contribution in [-0.4, -0.2) is 56.3 Å². The van der Waals surface area contributed by atoms with Crippen LogP contribution in [0, 0.1) is 0 Å². The second-order valence-corrected chi connectivity index (χ2v) is 8.96. The van der Waals surface area contributed by atoms with Crippen LogP contribution in [0.25, 0.3) is 0 Å². The summed E-state index contributed by atoms with van der Waals surface area (Å²) in [5.74, 6) is -1.03. The predicted octanol–water partition coefficient (Wildman–Crippen LogP) is 1.29. The Bertz CT molecular complexity index is 811. The fourth-order valence-electron chi connectivity index (χ4n) is 2.64. The Hall–Kier alpha value is -2.21. The van der Waals surface area contributed by atoms with E-state index in [0.29, 0.717) is 27.3 Å². The number of nitrogens with one attached hydrogen (secondary N) is 2.